The maximum atomic E-state index is 8.79. The van der Waals surface area contributed by atoms with Crippen LogP contribution in [-0.4, -0.2) is 0 Å². The molecule has 1 nitrogen and oxygen atoms in total. The van der Waals surface area contributed by atoms with Crippen molar-refractivity contribution in [1.29, 1.82) is 5.26 Å². The van der Waals surface area contributed by atoms with Crippen molar-refractivity contribution in [3.8, 4) is 17.2 Å². The van der Waals surface area contributed by atoms with Gasteiger partial charge in [-0.3, -0.25) is 0 Å². The highest BCUT2D eigenvalue weighted by molar-refractivity contribution is 5.72. The zero-order valence-electron chi connectivity index (χ0n) is 12.1. The second kappa shape index (κ2) is 6.56. The Morgan fingerprint density at radius 2 is 1.09 bits per heavy atom. The monoisotopic (exact) mass is 281 g/mol. The number of benzene rings is 3. The number of hydrogen-bond acceptors (Lipinski definition) is 1. The molecule has 3 aromatic carbocycles. The van der Waals surface area contributed by atoms with Gasteiger partial charge in [0.2, 0.25) is 0 Å². The maximum Gasteiger partial charge on any atom is 0.0991 e. The van der Waals surface area contributed by atoms with Crippen LogP contribution in [-0.2, 0) is 0 Å². The van der Waals surface area contributed by atoms with E-state index in [-0.39, 0.29) is 0 Å². The predicted molar refractivity (Wildman–Crippen MR) is 92.0 cm³/mol. The predicted octanol–water partition coefficient (Wildman–Crippen LogP) is 5.40. The van der Waals surface area contributed by atoms with E-state index in [9.17, 15) is 0 Å². The molecule has 0 radical (unpaired) electrons. The second-order valence-electron chi connectivity index (χ2n) is 5.06. The third-order valence-corrected chi connectivity index (χ3v) is 3.53. The van der Waals surface area contributed by atoms with Crippen LogP contribution in [0.5, 0.6) is 0 Å². The van der Waals surface area contributed by atoms with Gasteiger partial charge in [-0.2, -0.15) is 5.26 Å². The van der Waals surface area contributed by atoms with Gasteiger partial charge in [-0.05, 0) is 34.4 Å². The van der Waals surface area contributed by atoms with Crippen molar-refractivity contribution in [2.75, 3.05) is 0 Å². The fourth-order valence-corrected chi connectivity index (χ4v) is 2.28. The minimum Gasteiger partial charge on any atom is -0.192 e. The summed E-state index contributed by atoms with van der Waals surface area (Å²) >= 11 is 0. The average Bonchev–Trinajstić information content (AvgIpc) is 2.61. The molecular weight excluding hydrogens is 266 g/mol. The molecule has 0 aromatic heterocycles. The minimum absolute atomic E-state index is 0.685. The van der Waals surface area contributed by atoms with E-state index in [1.54, 1.807) is 0 Å². The van der Waals surface area contributed by atoms with Gasteiger partial charge in [0.25, 0.3) is 0 Å². The molecular formula is C21H15N. The molecule has 0 fully saturated rings. The first-order valence-corrected chi connectivity index (χ1v) is 7.19. The fraction of sp³-hybridized carbons (Fsp3) is 0. The topological polar surface area (TPSA) is 23.8 Å². The van der Waals surface area contributed by atoms with E-state index >= 15 is 0 Å². The Balaban J connectivity index is 1.75. The van der Waals surface area contributed by atoms with Gasteiger partial charge in [0, 0.05) is 0 Å². The number of rotatable bonds is 3. The Morgan fingerprint density at radius 3 is 1.64 bits per heavy atom. The highest BCUT2D eigenvalue weighted by atomic mass is 14.2. The summed E-state index contributed by atoms with van der Waals surface area (Å²) in [5.74, 6) is 0. The van der Waals surface area contributed by atoms with Gasteiger partial charge in [0.05, 0.1) is 11.6 Å². The Kier molecular flexibility index (Phi) is 4.13. The van der Waals surface area contributed by atoms with Gasteiger partial charge in [-0.1, -0.05) is 78.9 Å². The van der Waals surface area contributed by atoms with Gasteiger partial charge in [0.15, 0.2) is 0 Å². The maximum absolute atomic E-state index is 8.79. The molecule has 1 heteroatoms. The molecule has 0 N–H and O–H groups in total. The molecule has 0 saturated heterocycles. The Bertz CT molecular complexity index is 805. The molecule has 3 rings (SSSR count). The first-order chi connectivity index (χ1) is 10.8. The molecule has 0 saturated carbocycles. The smallest absolute Gasteiger partial charge is 0.0991 e. The molecule has 0 spiro atoms. The summed E-state index contributed by atoms with van der Waals surface area (Å²) < 4.78 is 0. The van der Waals surface area contributed by atoms with Crippen molar-refractivity contribution in [3.05, 3.63) is 95.6 Å². The second-order valence-corrected chi connectivity index (χ2v) is 5.06. The zero-order valence-corrected chi connectivity index (χ0v) is 12.1. The largest absolute Gasteiger partial charge is 0.192 e. The molecule has 0 amide bonds. The molecule has 0 atom stereocenters. The molecule has 0 unspecified atom stereocenters. The van der Waals surface area contributed by atoms with E-state index in [2.05, 4.69) is 54.6 Å². The first-order valence-electron chi connectivity index (χ1n) is 7.19. The lowest BCUT2D eigenvalue weighted by Crippen LogP contribution is -1.78. The fourth-order valence-electron chi connectivity index (χ4n) is 2.28. The van der Waals surface area contributed by atoms with Crippen LogP contribution in [0.25, 0.3) is 23.3 Å². The normalized spacial score (nSPS) is 10.5. The van der Waals surface area contributed by atoms with Gasteiger partial charge < -0.3 is 0 Å². The van der Waals surface area contributed by atoms with Gasteiger partial charge in [0.1, 0.15) is 0 Å². The summed E-state index contributed by atoms with van der Waals surface area (Å²) in [5, 5.41) is 8.79. The molecule has 3 aromatic rings. The van der Waals surface area contributed by atoms with Crippen LogP contribution >= 0.6 is 0 Å². The number of nitriles is 1. The quantitative estimate of drug-likeness (QED) is 0.590. The van der Waals surface area contributed by atoms with Crippen LogP contribution < -0.4 is 0 Å². The SMILES string of the molecule is N#Cc1ccc(/C=C/c2ccc(-c3ccccc3)cc2)cc1. The summed E-state index contributed by atoms with van der Waals surface area (Å²) in [6, 6.07) is 28.5. The molecule has 0 aliphatic rings. The lowest BCUT2D eigenvalue weighted by Gasteiger charge is -2.02. The number of nitrogens with zero attached hydrogens (tertiary/aromatic N) is 1. The summed E-state index contributed by atoms with van der Waals surface area (Å²) in [7, 11) is 0. The first kappa shape index (κ1) is 13.9. The summed E-state index contributed by atoms with van der Waals surface area (Å²) in [6.45, 7) is 0. The summed E-state index contributed by atoms with van der Waals surface area (Å²) in [5.41, 5.74) is 5.38. The van der Waals surface area contributed by atoms with Crippen LogP contribution in [0.3, 0.4) is 0 Å². The van der Waals surface area contributed by atoms with Crippen LogP contribution in [0.15, 0.2) is 78.9 Å². The van der Waals surface area contributed by atoms with Crippen LogP contribution in [0.2, 0.25) is 0 Å². The van der Waals surface area contributed by atoms with Crippen molar-refractivity contribution < 1.29 is 0 Å². The van der Waals surface area contributed by atoms with E-state index in [1.165, 1.54) is 11.1 Å². The average molecular weight is 281 g/mol. The van der Waals surface area contributed by atoms with Crippen molar-refractivity contribution in [2.24, 2.45) is 0 Å². The molecule has 104 valence electrons. The molecule has 0 heterocycles. The molecule has 22 heavy (non-hydrogen) atoms. The van der Waals surface area contributed by atoms with E-state index in [4.69, 9.17) is 5.26 Å². The Morgan fingerprint density at radius 1 is 0.591 bits per heavy atom. The van der Waals surface area contributed by atoms with E-state index < -0.39 is 0 Å². The van der Waals surface area contributed by atoms with Crippen LogP contribution in [0.4, 0.5) is 0 Å². The summed E-state index contributed by atoms with van der Waals surface area (Å²) in [6.07, 6.45) is 4.13. The van der Waals surface area contributed by atoms with Crippen molar-refractivity contribution >= 4 is 12.2 Å². The minimum atomic E-state index is 0.685. The van der Waals surface area contributed by atoms with Crippen LogP contribution in [0, 0.1) is 11.3 Å². The van der Waals surface area contributed by atoms with Crippen molar-refractivity contribution in [2.45, 2.75) is 0 Å². The lowest BCUT2D eigenvalue weighted by atomic mass is 10.0. The third-order valence-electron chi connectivity index (χ3n) is 3.53. The molecule has 0 aliphatic heterocycles. The van der Waals surface area contributed by atoms with Crippen LogP contribution in [0.1, 0.15) is 16.7 Å². The van der Waals surface area contributed by atoms with E-state index in [1.807, 2.05) is 42.5 Å². The molecule has 0 aliphatic carbocycles. The van der Waals surface area contributed by atoms with E-state index in [0.29, 0.717) is 5.56 Å². The highest BCUT2D eigenvalue weighted by Gasteiger charge is 1.96. The molecule has 0 bridgehead atoms. The Hall–Kier alpha value is -3.11. The van der Waals surface area contributed by atoms with E-state index in [0.717, 1.165) is 11.1 Å². The number of hydrogen-bond donors (Lipinski definition) is 0. The summed E-state index contributed by atoms with van der Waals surface area (Å²) in [4.78, 5) is 0. The van der Waals surface area contributed by atoms with Gasteiger partial charge >= 0.3 is 0 Å². The van der Waals surface area contributed by atoms with Crippen molar-refractivity contribution in [1.82, 2.24) is 0 Å². The highest BCUT2D eigenvalue weighted by Crippen LogP contribution is 2.20. The third kappa shape index (κ3) is 3.31. The Labute approximate surface area is 130 Å². The zero-order chi connectivity index (χ0) is 15.2. The van der Waals surface area contributed by atoms with Crippen molar-refractivity contribution in [3.63, 3.8) is 0 Å². The van der Waals surface area contributed by atoms with Gasteiger partial charge in [-0.25, -0.2) is 0 Å². The lowest BCUT2D eigenvalue weighted by molar-refractivity contribution is 1.48. The standard InChI is InChI=1S/C21H15N/c22-16-19-10-8-17(9-11-19)6-7-18-12-14-21(15-13-18)20-4-2-1-3-5-20/h1-15H/b7-6+. The van der Waals surface area contributed by atoms with Gasteiger partial charge in [-0.15, -0.1) is 0 Å².